The van der Waals surface area contributed by atoms with E-state index in [9.17, 15) is 9.18 Å². The van der Waals surface area contributed by atoms with Crippen LogP contribution in [0.3, 0.4) is 0 Å². The minimum Gasteiger partial charge on any atom is -0.459 e. The normalized spacial score (nSPS) is 28.7. The zero-order valence-electron chi connectivity index (χ0n) is 11.6. The van der Waals surface area contributed by atoms with Gasteiger partial charge in [0, 0.05) is 31.6 Å². The Morgan fingerprint density at radius 2 is 2.24 bits per heavy atom. The number of carbonyl (C=O) groups excluding carboxylic acids is 1. The van der Waals surface area contributed by atoms with Crippen LogP contribution in [0.15, 0.2) is 18.2 Å². The fourth-order valence-corrected chi connectivity index (χ4v) is 2.90. The Kier molecular flexibility index (Phi) is 3.82. The summed E-state index contributed by atoms with van der Waals surface area (Å²) in [4.78, 5) is 12.1. The number of hydrogen-bond acceptors (Lipinski definition) is 5. The molecule has 0 bridgehead atoms. The van der Waals surface area contributed by atoms with Crippen LogP contribution in [0.2, 0.25) is 0 Å². The zero-order chi connectivity index (χ0) is 14.9. The lowest BCUT2D eigenvalue weighted by atomic mass is 9.91. The van der Waals surface area contributed by atoms with Crippen molar-refractivity contribution in [1.29, 1.82) is 0 Å². The summed E-state index contributed by atoms with van der Waals surface area (Å²) in [7, 11) is 0. The van der Waals surface area contributed by atoms with Crippen molar-refractivity contribution in [2.24, 2.45) is 0 Å². The SMILES string of the molecule is Nc1cc(F)cc(C(=O)OC2CCOC3(CCOC3)C2)c1. The summed E-state index contributed by atoms with van der Waals surface area (Å²) in [6, 6.07) is 3.71. The molecule has 0 radical (unpaired) electrons. The van der Waals surface area contributed by atoms with Gasteiger partial charge < -0.3 is 19.9 Å². The van der Waals surface area contributed by atoms with Crippen LogP contribution in [-0.4, -0.2) is 37.5 Å². The van der Waals surface area contributed by atoms with Gasteiger partial charge in [-0.3, -0.25) is 0 Å². The van der Waals surface area contributed by atoms with E-state index >= 15 is 0 Å². The number of nitrogens with two attached hydrogens (primary N) is 1. The topological polar surface area (TPSA) is 70.8 Å². The van der Waals surface area contributed by atoms with Crippen molar-refractivity contribution in [2.45, 2.75) is 31.0 Å². The maximum Gasteiger partial charge on any atom is 0.338 e. The molecule has 0 aliphatic carbocycles. The first-order chi connectivity index (χ1) is 10.1. The molecule has 2 unspecified atom stereocenters. The second-order valence-electron chi connectivity index (χ2n) is 5.63. The molecule has 2 fully saturated rings. The van der Waals surface area contributed by atoms with Gasteiger partial charge >= 0.3 is 5.97 Å². The van der Waals surface area contributed by atoms with Gasteiger partial charge in [0.25, 0.3) is 0 Å². The number of hydrogen-bond donors (Lipinski definition) is 1. The summed E-state index contributed by atoms with van der Waals surface area (Å²) in [5.74, 6) is -1.10. The van der Waals surface area contributed by atoms with E-state index in [1.807, 2.05) is 0 Å². The monoisotopic (exact) mass is 295 g/mol. The van der Waals surface area contributed by atoms with Gasteiger partial charge in [0.1, 0.15) is 11.9 Å². The third kappa shape index (κ3) is 3.16. The molecule has 2 heterocycles. The molecule has 21 heavy (non-hydrogen) atoms. The van der Waals surface area contributed by atoms with Crippen molar-refractivity contribution in [1.82, 2.24) is 0 Å². The highest BCUT2D eigenvalue weighted by atomic mass is 19.1. The number of esters is 1. The highest BCUT2D eigenvalue weighted by molar-refractivity contribution is 5.90. The van der Waals surface area contributed by atoms with E-state index in [0.29, 0.717) is 32.7 Å². The van der Waals surface area contributed by atoms with Crippen LogP contribution < -0.4 is 5.73 Å². The molecule has 2 N–H and O–H groups in total. The fraction of sp³-hybridized carbons (Fsp3) is 0.533. The number of benzene rings is 1. The maximum absolute atomic E-state index is 13.3. The molecule has 5 nitrogen and oxygen atoms in total. The van der Waals surface area contributed by atoms with Gasteiger partial charge in [0.2, 0.25) is 0 Å². The molecule has 1 spiro atoms. The minimum atomic E-state index is -0.554. The van der Waals surface area contributed by atoms with Crippen molar-refractivity contribution in [3.8, 4) is 0 Å². The second-order valence-corrected chi connectivity index (χ2v) is 5.63. The van der Waals surface area contributed by atoms with Crippen molar-refractivity contribution < 1.29 is 23.4 Å². The molecule has 2 aliphatic rings. The van der Waals surface area contributed by atoms with E-state index in [4.69, 9.17) is 19.9 Å². The van der Waals surface area contributed by atoms with Gasteiger partial charge in [-0.05, 0) is 18.2 Å². The van der Waals surface area contributed by atoms with Crippen LogP contribution in [0.25, 0.3) is 0 Å². The van der Waals surface area contributed by atoms with Gasteiger partial charge in [0.15, 0.2) is 0 Å². The lowest BCUT2D eigenvalue weighted by molar-refractivity contribution is -0.120. The molecule has 1 aromatic rings. The maximum atomic E-state index is 13.3. The molecule has 2 aliphatic heterocycles. The zero-order valence-corrected chi connectivity index (χ0v) is 11.6. The Hall–Kier alpha value is -1.66. The first-order valence-corrected chi connectivity index (χ1v) is 7.05. The highest BCUT2D eigenvalue weighted by Crippen LogP contribution is 2.34. The molecule has 2 saturated heterocycles. The number of halogens is 1. The van der Waals surface area contributed by atoms with Gasteiger partial charge in [-0.25, -0.2) is 9.18 Å². The molecular weight excluding hydrogens is 277 g/mol. The van der Waals surface area contributed by atoms with E-state index in [-0.39, 0.29) is 23.0 Å². The van der Waals surface area contributed by atoms with Crippen LogP contribution in [0, 0.1) is 5.82 Å². The first-order valence-electron chi connectivity index (χ1n) is 7.05. The standard InChI is InChI=1S/C15H18FNO4/c16-11-5-10(6-12(17)7-11)14(18)21-13-1-3-20-15(8-13)2-4-19-9-15/h5-7,13H,1-4,8-9,17H2. The summed E-state index contributed by atoms with van der Waals surface area (Å²) in [5, 5.41) is 0. The van der Waals surface area contributed by atoms with Crippen LogP contribution in [0.4, 0.5) is 10.1 Å². The Morgan fingerprint density at radius 3 is 2.95 bits per heavy atom. The summed E-state index contributed by atoms with van der Waals surface area (Å²) in [6.07, 6.45) is 1.83. The van der Waals surface area contributed by atoms with Gasteiger partial charge in [-0.2, -0.15) is 0 Å². The Labute approximate surface area is 122 Å². The van der Waals surface area contributed by atoms with Crippen molar-refractivity contribution in [3.05, 3.63) is 29.6 Å². The van der Waals surface area contributed by atoms with Crippen LogP contribution in [-0.2, 0) is 14.2 Å². The van der Waals surface area contributed by atoms with Crippen molar-refractivity contribution in [3.63, 3.8) is 0 Å². The molecular formula is C15H18FNO4. The molecule has 0 aromatic heterocycles. The van der Waals surface area contributed by atoms with Gasteiger partial charge in [0.05, 0.1) is 24.4 Å². The van der Waals surface area contributed by atoms with Crippen molar-refractivity contribution in [2.75, 3.05) is 25.6 Å². The number of ether oxygens (including phenoxy) is 3. The fourth-order valence-electron chi connectivity index (χ4n) is 2.90. The number of rotatable bonds is 2. The Bertz CT molecular complexity index is 522. The van der Waals surface area contributed by atoms with Gasteiger partial charge in [-0.15, -0.1) is 0 Å². The first kappa shape index (κ1) is 14.3. The third-order valence-electron chi connectivity index (χ3n) is 3.94. The molecule has 114 valence electrons. The average molecular weight is 295 g/mol. The lowest BCUT2D eigenvalue weighted by Gasteiger charge is -2.36. The largest absolute Gasteiger partial charge is 0.459 e. The number of anilines is 1. The van der Waals surface area contributed by atoms with E-state index in [0.717, 1.165) is 18.6 Å². The molecule has 0 amide bonds. The van der Waals surface area contributed by atoms with Crippen molar-refractivity contribution >= 4 is 11.7 Å². The lowest BCUT2D eigenvalue weighted by Crippen LogP contribution is -2.43. The van der Waals surface area contributed by atoms with E-state index in [1.54, 1.807) is 0 Å². The summed E-state index contributed by atoms with van der Waals surface area (Å²) in [5.41, 5.74) is 5.55. The average Bonchev–Trinajstić information content (AvgIpc) is 2.85. The Morgan fingerprint density at radius 1 is 1.38 bits per heavy atom. The minimum absolute atomic E-state index is 0.135. The third-order valence-corrected chi connectivity index (χ3v) is 3.94. The molecule has 2 atom stereocenters. The van der Waals surface area contributed by atoms with E-state index < -0.39 is 11.8 Å². The molecule has 1 aromatic carbocycles. The summed E-state index contributed by atoms with van der Waals surface area (Å²) >= 11 is 0. The van der Waals surface area contributed by atoms with Crippen LogP contribution in [0.1, 0.15) is 29.6 Å². The van der Waals surface area contributed by atoms with E-state index in [1.165, 1.54) is 6.07 Å². The highest BCUT2D eigenvalue weighted by Gasteiger charge is 2.42. The van der Waals surface area contributed by atoms with E-state index in [2.05, 4.69) is 0 Å². The predicted octanol–water partition coefficient (Wildman–Crippen LogP) is 1.90. The summed E-state index contributed by atoms with van der Waals surface area (Å²) in [6.45, 7) is 1.74. The molecule has 3 rings (SSSR count). The number of carbonyl (C=O) groups is 1. The molecule has 0 saturated carbocycles. The quantitative estimate of drug-likeness (QED) is 0.666. The molecule has 6 heteroatoms. The number of nitrogen functional groups attached to an aromatic ring is 1. The van der Waals surface area contributed by atoms with Gasteiger partial charge in [-0.1, -0.05) is 0 Å². The second kappa shape index (κ2) is 5.61. The van der Waals surface area contributed by atoms with Crippen LogP contribution >= 0.6 is 0 Å². The summed E-state index contributed by atoms with van der Waals surface area (Å²) < 4.78 is 29.9. The smallest absolute Gasteiger partial charge is 0.338 e. The van der Waals surface area contributed by atoms with Crippen LogP contribution in [0.5, 0.6) is 0 Å². The Balaban J connectivity index is 1.66. The predicted molar refractivity (Wildman–Crippen MR) is 73.4 cm³/mol.